The standard InChI is InChI=1S/C19H28N2O3/c1-4-6-10-20(11-7-5-2)12-13-21-17-9-8-15(24-3)14-16(17)18(22)19(21)23/h8-9,14H,4-7,10-13H2,1-3H3. The minimum absolute atomic E-state index is 0.427. The lowest BCUT2D eigenvalue weighted by Crippen LogP contribution is -2.38. The number of unbranched alkanes of at least 4 members (excludes halogenated alkanes) is 2. The predicted molar refractivity (Wildman–Crippen MR) is 95.9 cm³/mol. The third-order valence-electron chi connectivity index (χ3n) is 4.47. The van der Waals surface area contributed by atoms with Gasteiger partial charge < -0.3 is 14.5 Å². The SMILES string of the molecule is CCCCN(CCCC)CCN1C(=O)C(=O)c2cc(OC)ccc21. The summed E-state index contributed by atoms with van der Waals surface area (Å²) in [5, 5.41) is 0. The van der Waals surface area contributed by atoms with Gasteiger partial charge in [0.25, 0.3) is 11.7 Å². The molecule has 0 unspecified atom stereocenters. The van der Waals surface area contributed by atoms with E-state index in [1.54, 1.807) is 30.2 Å². The fraction of sp³-hybridized carbons (Fsp3) is 0.579. The molecule has 1 heterocycles. The van der Waals surface area contributed by atoms with Gasteiger partial charge in [-0.2, -0.15) is 0 Å². The highest BCUT2D eigenvalue weighted by Gasteiger charge is 2.35. The first-order chi connectivity index (χ1) is 11.6. The van der Waals surface area contributed by atoms with Gasteiger partial charge in [-0.3, -0.25) is 9.59 Å². The van der Waals surface area contributed by atoms with Crippen LogP contribution in [-0.4, -0.2) is 49.9 Å². The molecule has 0 spiro atoms. The minimum atomic E-state index is -0.433. The third-order valence-corrected chi connectivity index (χ3v) is 4.47. The number of Topliss-reactive ketones (excluding diaryl/α,β-unsaturated/α-hetero) is 1. The van der Waals surface area contributed by atoms with Crippen LogP contribution in [0.2, 0.25) is 0 Å². The molecule has 0 radical (unpaired) electrons. The minimum Gasteiger partial charge on any atom is -0.497 e. The maximum Gasteiger partial charge on any atom is 0.299 e. The Hall–Kier alpha value is -1.88. The molecule has 0 bridgehead atoms. The summed E-state index contributed by atoms with van der Waals surface area (Å²) in [5.41, 5.74) is 1.16. The summed E-state index contributed by atoms with van der Waals surface area (Å²) < 4.78 is 5.15. The number of nitrogens with zero attached hydrogens (tertiary/aromatic N) is 2. The van der Waals surface area contributed by atoms with Crippen LogP contribution in [0.15, 0.2) is 18.2 Å². The van der Waals surface area contributed by atoms with E-state index in [0.29, 0.717) is 23.5 Å². The largest absolute Gasteiger partial charge is 0.497 e. The Morgan fingerprint density at radius 2 is 1.71 bits per heavy atom. The zero-order valence-corrected chi connectivity index (χ0v) is 15.0. The summed E-state index contributed by atoms with van der Waals surface area (Å²) in [4.78, 5) is 28.5. The van der Waals surface area contributed by atoms with Crippen molar-refractivity contribution < 1.29 is 14.3 Å². The number of benzene rings is 1. The van der Waals surface area contributed by atoms with Gasteiger partial charge >= 0.3 is 0 Å². The van der Waals surface area contributed by atoms with Gasteiger partial charge in [0.05, 0.1) is 18.4 Å². The van der Waals surface area contributed by atoms with E-state index in [1.165, 1.54) is 0 Å². The molecule has 0 N–H and O–H groups in total. The fourth-order valence-corrected chi connectivity index (χ4v) is 2.97. The lowest BCUT2D eigenvalue weighted by molar-refractivity contribution is -0.114. The normalized spacial score (nSPS) is 13.8. The number of carbonyl (C=O) groups excluding carboxylic acids is 2. The topological polar surface area (TPSA) is 49.9 Å². The van der Waals surface area contributed by atoms with E-state index in [1.807, 2.05) is 0 Å². The van der Waals surface area contributed by atoms with E-state index in [-0.39, 0.29) is 0 Å². The van der Waals surface area contributed by atoms with Crippen molar-refractivity contribution in [3.8, 4) is 5.75 Å². The van der Waals surface area contributed by atoms with Gasteiger partial charge in [0.2, 0.25) is 0 Å². The van der Waals surface area contributed by atoms with Gasteiger partial charge in [0, 0.05) is 13.1 Å². The average Bonchev–Trinajstić information content (AvgIpc) is 2.85. The van der Waals surface area contributed by atoms with E-state index in [4.69, 9.17) is 4.74 Å². The molecule has 1 amide bonds. The third kappa shape index (κ3) is 4.15. The van der Waals surface area contributed by atoms with Crippen LogP contribution in [0, 0.1) is 0 Å². The number of fused-ring (bicyclic) bond motifs is 1. The molecule has 0 saturated heterocycles. The van der Waals surface area contributed by atoms with Crippen molar-refractivity contribution in [1.82, 2.24) is 4.90 Å². The van der Waals surface area contributed by atoms with Crippen molar-refractivity contribution in [1.29, 1.82) is 0 Å². The molecule has 0 aliphatic carbocycles. The van der Waals surface area contributed by atoms with Crippen molar-refractivity contribution in [3.05, 3.63) is 23.8 Å². The van der Waals surface area contributed by atoms with Gasteiger partial charge in [-0.1, -0.05) is 26.7 Å². The van der Waals surface area contributed by atoms with E-state index < -0.39 is 11.7 Å². The summed E-state index contributed by atoms with van der Waals surface area (Å²) in [6.07, 6.45) is 4.63. The molecule has 1 aliphatic heterocycles. The number of anilines is 1. The van der Waals surface area contributed by atoms with Crippen LogP contribution in [0.5, 0.6) is 5.75 Å². The number of amides is 1. The Labute approximate surface area is 144 Å². The van der Waals surface area contributed by atoms with E-state index in [9.17, 15) is 9.59 Å². The number of hydrogen-bond acceptors (Lipinski definition) is 4. The first kappa shape index (κ1) is 18.5. The van der Waals surface area contributed by atoms with Gasteiger partial charge in [-0.15, -0.1) is 0 Å². The van der Waals surface area contributed by atoms with Crippen molar-refractivity contribution in [2.24, 2.45) is 0 Å². The number of rotatable bonds is 10. The zero-order chi connectivity index (χ0) is 17.5. The zero-order valence-electron chi connectivity index (χ0n) is 15.0. The molecule has 5 nitrogen and oxygen atoms in total. The van der Waals surface area contributed by atoms with Gasteiger partial charge in [0.15, 0.2) is 0 Å². The maximum atomic E-state index is 12.3. The van der Waals surface area contributed by atoms with Gasteiger partial charge in [-0.05, 0) is 44.1 Å². The molecule has 0 saturated carbocycles. The Morgan fingerprint density at radius 3 is 2.29 bits per heavy atom. The molecule has 132 valence electrons. The molecule has 24 heavy (non-hydrogen) atoms. The second-order valence-electron chi connectivity index (χ2n) is 6.22. The van der Waals surface area contributed by atoms with Crippen molar-refractivity contribution in [2.75, 3.05) is 38.2 Å². The van der Waals surface area contributed by atoms with Crippen LogP contribution < -0.4 is 9.64 Å². The van der Waals surface area contributed by atoms with Crippen LogP contribution in [0.25, 0.3) is 0 Å². The first-order valence-electron chi connectivity index (χ1n) is 8.88. The molecule has 1 aromatic carbocycles. The molecule has 0 fully saturated rings. The summed E-state index contributed by atoms with van der Waals surface area (Å²) in [7, 11) is 1.56. The molecule has 5 heteroatoms. The average molecular weight is 332 g/mol. The molecule has 0 aromatic heterocycles. The van der Waals surface area contributed by atoms with E-state index in [0.717, 1.165) is 45.3 Å². The molecular formula is C19H28N2O3. The molecule has 0 atom stereocenters. The van der Waals surface area contributed by atoms with Crippen molar-refractivity contribution in [2.45, 2.75) is 39.5 Å². The highest BCUT2D eigenvalue weighted by Crippen LogP contribution is 2.31. The highest BCUT2D eigenvalue weighted by molar-refractivity contribution is 6.52. The van der Waals surface area contributed by atoms with Crippen LogP contribution >= 0.6 is 0 Å². The fourth-order valence-electron chi connectivity index (χ4n) is 2.97. The highest BCUT2D eigenvalue weighted by atomic mass is 16.5. The van der Waals surface area contributed by atoms with Gasteiger partial charge in [0.1, 0.15) is 5.75 Å². The summed E-state index contributed by atoms with van der Waals surface area (Å²) >= 11 is 0. The Balaban J connectivity index is 2.06. The number of methoxy groups -OCH3 is 1. The Morgan fingerprint density at radius 1 is 1.04 bits per heavy atom. The lowest BCUT2D eigenvalue weighted by Gasteiger charge is -2.25. The van der Waals surface area contributed by atoms with E-state index >= 15 is 0 Å². The maximum absolute atomic E-state index is 12.3. The Bertz CT molecular complexity index is 578. The second kappa shape index (κ2) is 8.83. The van der Waals surface area contributed by atoms with Crippen LogP contribution in [0.1, 0.15) is 49.9 Å². The summed E-state index contributed by atoms with van der Waals surface area (Å²) in [6.45, 7) is 7.81. The summed E-state index contributed by atoms with van der Waals surface area (Å²) in [5.74, 6) is -0.258. The predicted octanol–water partition coefficient (Wildman–Crippen LogP) is 3.13. The lowest BCUT2D eigenvalue weighted by atomic mass is 10.1. The number of carbonyl (C=O) groups is 2. The second-order valence-corrected chi connectivity index (χ2v) is 6.22. The molecule has 1 aliphatic rings. The number of ether oxygens (including phenoxy) is 1. The van der Waals surface area contributed by atoms with Crippen molar-refractivity contribution in [3.63, 3.8) is 0 Å². The number of ketones is 1. The van der Waals surface area contributed by atoms with Crippen LogP contribution in [0.4, 0.5) is 5.69 Å². The summed E-state index contributed by atoms with van der Waals surface area (Å²) in [6, 6.07) is 5.25. The first-order valence-corrected chi connectivity index (χ1v) is 8.88. The van der Waals surface area contributed by atoms with Gasteiger partial charge in [-0.25, -0.2) is 0 Å². The van der Waals surface area contributed by atoms with Crippen LogP contribution in [-0.2, 0) is 4.79 Å². The molecular weight excluding hydrogens is 304 g/mol. The smallest absolute Gasteiger partial charge is 0.299 e. The quantitative estimate of drug-likeness (QED) is 0.618. The Kier molecular flexibility index (Phi) is 6.79. The van der Waals surface area contributed by atoms with Crippen LogP contribution in [0.3, 0.4) is 0 Å². The molecule has 2 rings (SSSR count). The van der Waals surface area contributed by atoms with E-state index in [2.05, 4.69) is 18.7 Å². The monoisotopic (exact) mass is 332 g/mol. The van der Waals surface area contributed by atoms with Crippen molar-refractivity contribution >= 4 is 17.4 Å². The number of hydrogen-bond donors (Lipinski definition) is 0. The molecule has 1 aromatic rings.